The molecule has 0 aromatic heterocycles. The molecule has 3 aromatic carbocycles. The molecule has 0 fully saturated rings. The zero-order valence-electron chi connectivity index (χ0n) is 15.6. The molecule has 0 aliphatic heterocycles. The van der Waals surface area contributed by atoms with Gasteiger partial charge in [0.1, 0.15) is 18.1 Å². The molecule has 0 aliphatic rings. The van der Waals surface area contributed by atoms with E-state index in [1.54, 1.807) is 24.3 Å². The first-order valence-electron chi connectivity index (χ1n) is 8.95. The van der Waals surface area contributed by atoms with Crippen LogP contribution in [0.5, 0.6) is 11.5 Å². The van der Waals surface area contributed by atoms with Gasteiger partial charge in [-0.05, 0) is 42.0 Å². The number of hydrazone groups is 1. The summed E-state index contributed by atoms with van der Waals surface area (Å²) in [5.41, 5.74) is 4.76. The van der Waals surface area contributed by atoms with Crippen molar-refractivity contribution in [1.82, 2.24) is 5.43 Å². The Hall–Kier alpha value is -4.11. The normalized spacial score (nSPS) is 10.3. The fourth-order valence-corrected chi connectivity index (χ4v) is 2.43. The average Bonchev–Trinajstić information content (AvgIpc) is 2.78. The molecule has 0 aliphatic carbocycles. The summed E-state index contributed by atoms with van der Waals surface area (Å²) in [5.74, 6) is 0.777. The van der Waals surface area contributed by atoms with Gasteiger partial charge in [0.05, 0.1) is 17.8 Å². The van der Waals surface area contributed by atoms with Gasteiger partial charge in [-0.15, -0.1) is 0 Å². The summed E-state index contributed by atoms with van der Waals surface area (Å²) in [4.78, 5) is 11.9. The second-order valence-electron chi connectivity index (χ2n) is 6.03. The second-order valence-corrected chi connectivity index (χ2v) is 6.03. The fourth-order valence-electron chi connectivity index (χ4n) is 2.43. The van der Waals surface area contributed by atoms with Gasteiger partial charge >= 0.3 is 0 Å². The third kappa shape index (κ3) is 6.22. The number of hydrogen-bond donors (Lipinski definition) is 1. The number of nitriles is 1. The summed E-state index contributed by atoms with van der Waals surface area (Å²) in [7, 11) is 0. The van der Waals surface area contributed by atoms with Crippen molar-refractivity contribution in [1.29, 1.82) is 5.26 Å². The van der Waals surface area contributed by atoms with Gasteiger partial charge in [0.15, 0.2) is 6.61 Å². The number of hydrogen-bond acceptors (Lipinski definition) is 5. The number of benzene rings is 3. The van der Waals surface area contributed by atoms with Crippen molar-refractivity contribution in [2.75, 3.05) is 6.61 Å². The van der Waals surface area contributed by atoms with E-state index in [-0.39, 0.29) is 6.61 Å². The Morgan fingerprint density at radius 3 is 2.45 bits per heavy atom. The van der Waals surface area contributed by atoms with E-state index in [9.17, 15) is 4.79 Å². The van der Waals surface area contributed by atoms with Gasteiger partial charge in [-0.2, -0.15) is 10.4 Å². The first-order chi connectivity index (χ1) is 14.2. The number of ether oxygens (including phenoxy) is 2. The number of rotatable bonds is 8. The van der Waals surface area contributed by atoms with Gasteiger partial charge < -0.3 is 9.47 Å². The molecule has 144 valence electrons. The molecule has 1 N–H and O–H groups in total. The van der Waals surface area contributed by atoms with Crippen LogP contribution in [0.2, 0.25) is 0 Å². The average molecular weight is 385 g/mol. The van der Waals surface area contributed by atoms with Crippen molar-refractivity contribution in [2.24, 2.45) is 5.10 Å². The van der Waals surface area contributed by atoms with Crippen LogP contribution in [-0.4, -0.2) is 18.7 Å². The number of nitrogens with zero attached hydrogens (tertiary/aromatic N) is 2. The zero-order chi connectivity index (χ0) is 20.3. The lowest BCUT2D eigenvalue weighted by Gasteiger charge is -2.09. The van der Waals surface area contributed by atoms with Gasteiger partial charge in [-0.3, -0.25) is 4.79 Å². The summed E-state index contributed by atoms with van der Waals surface area (Å²) in [6, 6.07) is 25.8. The van der Waals surface area contributed by atoms with E-state index in [2.05, 4.69) is 10.5 Å². The van der Waals surface area contributed by atoms with Gasteiger partial charge in [0.2, 0.25) is 0 Å². The molecule has 6 nitrogen and oxygen atoms in total. The minimum atomic E-state index is -0.395. The maximum absolute atomic E-state index is 11.9. The first-order valence-corrected chi connectivity index (χ1v) is 8.95. The van der Waals surface area contributed by atoms with E-state index < -0.39 is 5.91 Å². The van der Waals surface area contributed by atoms with E-state index in [1.807, 2.05) is 60.7 Å². The SMILES string of the molecule is N#Cc1ccc(OCC(=O)N/N=C\c2ccccc2OCc2ccccc2)cc1. The van der Waals surface area contributed by atoms with Crippen molar-refractivity contribution in [3.8, 4) is 17.6 Å². The van der Waals surface area contributed by atoms with Crippen molar-refractivity contribution >= 4 is 12.1 Å². The van der Waals surface area contributed by atoms with E-state index in [0.717, 1.165) is 11.1 Å². The highest BCUT2D eigenvalue weighted by molar-refractivity contribution is 5.85. The molecular weight excluding hydrogens is 366 g/mol. The highest BCUT2D eigenvalue weighted by atomic mass is 16.5. The highest BCUT2D eigenvalue weighted by Crippen LogP contribution is 2.17. The monoisotopic (exact) mass is 385 g/mol. The minimum Gasteiger partial charge on any atom is -0.488 e. The van der Waals surface area contributed by atoms with E-state index >= 15 is 0 Å². The van der Waals surface area contributed by atoms with Crippen molar-refractivity contribution in [3.63, 3.8) is 0 Å². The molecule has 0 spiro atoms. The smallest absolute Gasteiger partial charge is 0.277 e. The molecular formula is C23H19N3O3. The number of carbonyl (C=O) groups is 1. The molecule has 0 heterocycles. The summed E-state index contributed by atoms with van der Waals surface area (Å²) in [6.45, 7) is 0.256. The molecule has 3 rings (SSSR count). The number of amides is 1. The highest BCUT2D eigenvalue weighted by Gasteiger charge is 2.04. The summed E-state index contributed by atoms with van der Waals surface area (Å²) in [5, 5.41) is 12.7. The topological polar surface area (TPSA) is 83.7 Å². The lowest BCUT2D eigenvalue weighted by molar-refractivity contribution is -0.123. The molecule has 0 saturated heterocycles. The second kappa shape index (κ2) is 10.3. The van der Waals surface area contributed by atoms with Crippen LogP contribution in [0.1, 0.15) is 16.7 Å². The van der Waals surface area contributed by atoms with Crippen LogP contribution in [0.15, 0.2) is 84.0 Å². The fraction of sp³-hybridized carbons (Fsp3) is 0.0870. The zero-order valence-corrected chi connectivity index (χ0v) is 15.6. The largest absolute Gasteiger partial charge is 0.488 e. The first kappa shape index (κ1) is 19.6. The van der Waals surface area contributed by atoms with Crippen LogP contribution >= 0.6 is 0 Å². The van der Waals surface area contributed by atoms with Gasteiger partial charge in [-0.25, -0.2) is 5.43 Å². The Kier molecular flexibility index (Phi) is 6.97. The van der Waals surface area contributed by atoms with Gasteiger partial charge in [0, 0.05) is 5.56 Å². The third-order valence-corrected chi connectivity index (χ3v) is 3.90. The number of nitrogens with one attached hydrogen (secondary N) is 1. The van der Waals surface area contributed by atoms with Crippen LogP contribution in [-0.2, 0) is 11.4 Å². The molecule has 0 radical (unpaired) electrons. The quantitative estimate of drug-likeness (QED) is 0.474. The van der Waals surface area contributed by atoms with Crippen molar-refractivity contribution < 1.29 is 14.3 Å². The Morgan fingerprint density at radius 2 is 1.69 bits per heavy atom. The van der Waals surface area contributed by atoms with Crippen LogP contribution < -0.4 is 14.9 Å². The molecule has 0 bridgehead atoms. The Balaban J connectivity index is 1.50. The van der Waals surface area contributed by atoms with Crippen molar-refractivity contribution in [3.05, 3.63) is 95.6 Å². The lowest BCUT2D eigenvalue weighted by Crippen LogP contribution is -2.24. The summed E-state index contributed by atoms with van der Waals surface area (Å²) >= 11 is 0. The Morgan fingerprint density at radius 1 is 0.966 bits per heavy atom. The Labute approximate surface area is 169 Å². The van der Waals surface area contributed by atoms with E-state index in [4.69, 9.17) is 14.7 Å². The van der Waals surface area contributed by atoms with Crippen LogP contribution in [0.3, 0.4) is 0 Å². The van der Waals surface area contributed by atoms with E-state index in [1.165, 1.54) is 6.21 Å². The molecule has 0 atom stereocenters. The maximum Gasteiger partial charge on any atom is 0.277 e. The summed E-state index contributed by atoms with van der Waals surface area (Å²) < 4.78 is 11.2. The van der Waals surface area contributed by atoms with Crippen molar-refractivity contribution in [2.45, 2.75) is 6.61 Å². The summed E-state index contributed by atoms with van der Waals surface area (Å²) in [6.07, 6.45) is 1.53. The molecule has 0 unspecified atom stereocenters. The molecule has 0 saturated carbocycles. The molecule has 1 amide bonds. The van der Waals surface area contributed by atoms with Crippen LogP contribution in [0.25, 0.3) is 0 Å². The van der Waals surface area contributed by atoms with Gasteiger partial charge in [0.25, 0.3) is 5.91 Å². The lowest BCUT2D eigenvalue weighted by atomic mass is 10.2. The van der Waals surface area contributed by atoms with Gasteiger partial charge in [-0.1, -0.05) is 42.5 Å². The third-order valence-electron chi connectivity index (χ3n) is 3.90. The Bertz CT molecular complexity index is 1010. The molecule has 3 aromatic rings. The van der Waals surface area contributed by atoms with E-state index in [0.29, 0.717) is 23.7 Å². The molecule has 29 heavy (non-hydrogen) atoms. The molecule has 6 heteroatoms. The predicted octanol–water partition coefficient (Wildman–Crippen LogP) is 3.67. The number of para-hydroxylation sites is 1. The minimum absolute atomic E-state index is 0.185. The van der Waals surface area contributed by atoms with Crippen LogP contribution in [0, 0.1) is 11.3 Å². The standard InChI is InChI=1S/C23H19N3O3/c24-14-18-10-12-21(13-11-18)28-17-23(27)26-25-15-20-8-4-5-9-22(20)29-16-19-6-2-1-3-7-19/h1-13,15H,16-17H2,(H,26,27)/b25-15-. The maximum atomic E-state index is 11.9. The number of carbonyl (C=O) groups excluding carboxylic acids is 1. The van der Waals surface area contributed by atoms with Crippen LogP contribution in [0.4, 0.5) is 0 Å². The predicted molar refractivity (Wildman–Crippen MR) is 110 cm³/mol.